The van der Waals surface area contributed by atoms with Crippen LogP contribution >= 0.6 is 15.9 Å². The average Bonchev–Trinajstić information content (AvgIpc) is 2.48. The fraction of sp³-hybridized carbons (Fsp3) is 0.250. The zero-order valence-corrected chi connectivity index (χ0v) is 12.8. The number of halogens is 1. The molecule has 0 saturated carbocycles. The minimum Gasteiger partial charge on any atom is -0.497 e. The highest BCUT2D eigenvalue weighted by atomic mass is 79.9. The summed E-state index contributed by atoms with van der Waals surface area (Å²) in [4.78, 5) is 12.1. The summed E-state index contributed by atoms with van der Waals surface area (Å²) in [6.07, 6.45) is 0. The molecule has 106 valence electrons. The van der Waals surface area contributed by atoms with Crippen LogP contribution in [-0.2, 0) is 0 Å². The number of nitrogens with one attached hydrogen (secondary N) is 1. The minimum atomic E-state index is 0.132. The first-order chi connectivity index (χ1) is 9.66. The molecular formula is C12H13BrN4O3. The van der Waals surface area contributed by atoms with Crippen LogP contribution in [0.1, 0.15) is 0 Å². The molecule has 1 aromatic heterocycles. The Balaban J connectivity index is 2.29. The van der Waals surface area contributed by atoms with Gasteiger partial charge in [-0.25, -0.2) is 0 Å². The quantitative estimate of drug-likeness (QED) is 0.895. The third kappa shape index (κ3) is 3.27. The largest absolute Gasteiger partial charge is 0.497 e. The molecule has 0 bridgehead atoms. The molecule has 8 heteroatoms. The third-order valence-electron chi connectivity index (χ3n) is 2.34. The number of rotatable bonds is 5. The van der Waals surface area contributed by atoms with Crippen LogP contribution < -0.4 is 19.5 Å². The SMILES string of the molecule is CNc1nc(OC)nc(Oc2ccc(OC)cc2Br)n1. The van der Waals surface area contributed by atoms with E-state index in [1.807, 2.05) is 0 Å². The van der Waals surface area contributed by atoms with Gasteiger partial charge in [-0.3, -0.25) is 0 Å². The molecule has 0 radical (unpaired) electrons. The standard InChI is InChI=1S/C12H13BrN4O3/c1-14-10-15-11(19-3)17-12(16-10)20-9-5-4-7(18-2)6-8(9)13/h4-6H,1-3H3,(H,14,15,16,17). The maximum Gasteiger partial charge on any atom is 0.330 e. The number of ether oxygens (including phenoxy) is 3. The first kappa shape index (κ1) is 14.3. The first-order valence-electron chi connectivity index (χ1n) is 5.65. The Morgan fingerprint density at radius 3 is 2.40 bits per heavy atom. The van der Waals surface area contributed by atoms with Crippen molar-refractivity contribution in [3.63, 3.8) is 0 Å². The molecule has 0 atom stereocenters. The van der Waals surface area contributed by atoms with Gasteiger partial charge in [-0.1, -0.05) is 0 Å². The molecule has 0 amide bonds. The van der Waals surface area contributed by atoms with E-state index in [1.54, 1.807) is 32.4 Å². The van der Waals surface area contributed by atoms with Gasteiger partial charge in [0.05, 0.1) is 18.7 Å². The molecule has 0 spiro atoms. The smallest absolute Gasteiger partial charge is 0.330 e. The van der Waals surface area contributed by atoms with Gasteiger partial charge in [0.2, 0.25) is 5.95 Å². The number of methoxy groups -OCH3 is 2. The van der Waals surface area contributed by atoms with Crippen LogP contribution in [-0.4, -0.2) is 36.2 Å². The van der Waals surface area contributed by atoms with Crippen molar-refractivity contribution in [3.05, 3.63) is 22.7 Å². The summed E-state index contributed by atoms with van der Waals surface area (Å²) < 4.78 is 16.4. The second-order valence-electron chi connectivity index (χ2n) is 3.58. The Morgan fingerprint density at radius 2 is 1.80 bits per heavy atom. The second-order valence-corrected chi connectivity index (χ2v) is 4.43. The van der Waals surface area contributed by atoms with Crippen LogP contribution in [0.25, 0.3) is 0 Å². The predicted octanol–water partition coefficient (Wildman–Crippen LogP) is 2.49. The van der Waals surface area contributed by atoms with E-state index in [4.69, 9.17) is 14.2 Å². The van der Waals surface area contributed by atoms with E-state index in [9.17, 15) is 0 Å². The zero-order chi connectivity index (χ0) is 14.5. The summed E-state index contributed by atoms with van der Waals surface area (Å²) in [5, 5.41) is 2.81. The van der Waals surface area contributed by atoms with Crippen LogP contribution in [0.5, 0.6) is 23.5 Å². The maximum atomic E-state index is 5.61. The lowest BCUT2D eigenvalue weighted by molar-refractivity contribution is 0.359. The summed E-state index contributed by atoms with van der Waals surface area (Å²) in [7, 11) is 4.77. The average molecular weight is 341 g/mol. The summed E-state index contributed by atoms with van der Waals surface area (Å²) in [6.45, 7) is 0. The van der Waals surface area contributed by atoms with Crippen molar-refractivity contribution < 1.29 is 14.2 Å². The van der Waals surface area contributed by atoms with Crippen LogP contribution in [0.4, 0.5) is 5.95 Å². The summed E-state index contributed by atoms with van der Waals surface area (Å²) in [5.74, 6) is 1.63. The summed E-state index contributed by atoms with van der Waals surface area (Å²) in [5.41, 5.74) is 0. The highest BCUT2D eigenvalue weighted by Crippen LogP contribution is 2.32. The number of hydrogen-bond donors (Lipinski definition) is 1. The molecular weight excluding hydrogens is 328 g/mol. The van der Waals surface area contributed by atoms with E-state index in [2.05, 4.69) is 36.2 Å². The van der Waals surface area contributed by atoms with Gasteiger partial charge >= 0.3 is 12.0 Å². The molecule has 0 aliphatic heterocycles. The molecule has 2 rings (SSSR count). The van der Waals surface area contributed by atoms with Crippen molar-refractivity contribution in [2.75, 3.05) is 26.6 Å². The molecule has 1 aromatic carbocycles. The van der Waals surface area contributed by atoms with Gasteiger partial charge in [-0.05, 0) is 34.1 Å². The Morgan fingerprint density at radius 1 is 1.05 bits per heavy atom. The van der Waals surface area contributed by atoms with E-state index in [-0.39, 0.29) is 12.0 Å². The summed E-state index contributed by atoms with van der Waals surface area (Å²) >= 11 is 3.39. The second kappa shape index (κ2) is 6.38. The van der Waals surface area contributed by atoms with E-state index in [0.29, 0.717) is 17.4 Å². The number of aromatic nitrogens is 3. The number of hydrogen-bond acceptors (Lipinski definition) is 7. The minimum absolute atomic E-state index is 0.132. The van der Waals surface area contributed by atoms with E-state index < -0.39 is 0 Å². The fourth-order valence-electron chi connectivity index (χ4n) is 1.38. The zero-order valence-electron chi connectivity index (χ0n) is 11.2. The summed E-state index contributed by atoms with van der Waals surface area (Å²) in [6, 6.07) is 5.61. The van der Waals surface area contributed by atoms with Crippen molar-refractivity contribution in [3.8, 4) is 23.5 Å². The van der Waals surface area contributed by atoms with E-state index in [0.717, 1.165) is 4.47 Å². The molecule has 0 aliphatic rings. The monoisotopic (exact) mass is 340 g/mol. The van der Waals surface area contributed by atoms with Gasteiger partial charge in [0.15, 0.2) is 0 Å². The highest BCUT2D eigenvalue weighted by Gasteiger charge is 2.10. The van der Waals surface area contributed by atoms with Gasteiger partial charge in [-0.15, -0.1) is 4.98 Å². The van der Waals surface area contributed by atoms with Gasteiger partial charge < -0.3 is 19.5 Å². The lowest BCUT2D eigenvalue weighted by Crippen LogP contribution is -2.03. The fourth-order valence-corrected chi connectivity index (χ4v) is 1.82. The molecule has 2 aromatic rings. The highest BCUT2D eigenvalue weighted by molar-refractivity contribution is 9.10. The maximum absolute atomic E-state index is 5.61. The molecule has 0 aliphatic carbocycles. The first-order valence-corrected chi connectivity index (χ1v) is 6.44. The Labute approximate surface area is 124 Å². The van der Waals surface area contributed by atoms with Crippen molar-refractivity contribution in [1.82, 2.24) is 15.0 Å². The lowest BCUT2D eigenvalue weighted by Gasteiger charge is -2.09. The number of nitrogens with zero attached hydrogens (tertiary/aromatic N) is 3. The van der Waals surface area contributed by atoms with Crippen molar-refractivity contribution in [2.24, 2.45) is 0 Å². The molecule has 0 saturated heterocycles. The van der Waals surface area contributed by atoms with Gasteiger partial charge in [0.1, 0.15) is 11.5 Å². The molecule has 0 unspecified atom stereocenters. The normalized spacial score (nSPS) is 10.0. The topological polar surface area (TPSA) is 78.4 Å². The van der Waals surface area contributed by atoms with E-state index in [1.165, 1.54) is 7.11 Å². The Bertz CT molecular complexity index is 587. The molecule has 0 fully saturated rings. The van der Waals surface area contributed by atoms with Crippen molar-refractivity contribution in [2.45, 2.75) is 0 Å². The van der Waals surface area contributed by atoms with Crippen LogP contribution in [0.2, 0.25) is 0 Å². The lowest BCUT2D eigenvalue weighted by atomic mass is 10.3. The molecule has 20 heavy (non-hydrogen) atoms. The van der Waals surface area contributed by atoms with E-state index >= 15 is 0 Å². The van der Waals surface area contributed by atoms with Crippen LogP contribution in [0, 0.1) is 0 Å². The Kier molecular flexibility index (Phi) is 4.57. The Hall–Kier alpha value is -2.09. The van der Waals surface area contributed by atoms with Gasteiger partial charge in [-0.2, -0.15) is 9.97 Å². The molecule has 1 heterocycles. The van der Waals surface area contributed by atoms with Crippen molar-refractivity contribution >= 4 is 21.9 Å². The van der Waals surface area contributed by atoms with Gasteiger partial charge in [0, 0.05) is 7.05 Å². The molecule has 7 nitrogen and oxygen atoms in total. The number of benzene rings is 1. The van der Waals surface area contributed by atoms with Crippen LogP contribution in [0.3, 0.4) is 0 Å². The number of anilines is 1. The van der Waals surface area contributed by atoms with Crippen LogP contribution in [0.15, 0.2) is 22.7 Å². The predicted molar refractivity (Wildman–Crippen MR) is 76.7 cm³/mol. The van der Waals surface area contributed by atoms with Gasteiger partial charge in [0.25, 0.3) is 0 Å². The third-order valence-corrected chi connectivity index (χ3v) is 2.96. The molecule has 1 N–H and O–H groups in total. The van der Waals surface area contributed by atoms with Crippen molar-refractivity contribution in [1.29, 1.82) is 0 Å².